The number of carbonyl (C=O) groups excluding carboxylic acids is 1. The van der Waals surface area contributed by atoms with Crippen molar-refractivity contribution in [2.45, 2.75) is 50.6 Å². The van der Waals surface area contributed by atoms with Crippen molar-refractivity contribution in [2.24, 2.45) is 0 Å². The van der Waals surface area contributed by atoms with Crippen LogP contribution in [0.5, 0.6) is 0 Å². The molecule has 0 bridgehead atoms. The van der Waals surface area contributed by atoms with Crippen molar-refractivity contribution in [3.05, 3.63) is 0 Å². The molecular formula is C11H20N2O4. The van der Waals surface area contributed by atoms with Gasteiger partial charge in [0.05, 0.1) is 6.61 Å². The van der Waals surface area contributed by atoms with Gasteiger partial charge < -0.3 is 20.8 Å². The number of carboxylic acids is 1. The van der Waals surface area contributed by atoms with Crippen molar-refractivity contribution >= 4 is 12.0 Å². The van der Waals surface area contributed by atoms with Crippen LogP contribution in [0.25, 0.3) is 0 Å². The highest BCUT2D eigenvalue weighted by Crippen LogP contribution is 2.16. The average Bonchev–Trinajstić information content (AvgIpc) is 2.54. The number of carbonyl (C=O) groups is 2. The third kappa shape index (κ3) is 5.04. The standard InChI is InChI=1S/C11H20N2O4/c14-7-9(10(15)16)13-11(17)12-8-5-3-1-2-4-6-8/h8-9,14H,1-7H2,(H,15,16)(H2,12,13,17)/t9-/m1/s1. The average molecular weight is 244 g/mol. The van der Waals surface area contributed by atoms with Crippen molar-refractivity contribution < 1.29 is 19.8 Å². The second kappa shape index (κ2) is 7.11. The van der Waals surface area contributed by atoms with E-state index in [1.54, 1.807) is 0 Å². The summed E-state index contributed by atoms with van der Waals surface area (Å²) in [6.45, 7) is -0.604. The van der Waals surface area contributed by atoms with E-state index >= 15 is 0 Å². The van der Waals surface area contributed by atoms with Gasteiger partial charge in [0.2, 0.25) is 0 Å². The van der Waals surface area contributed by atoms with Crippen LogP contribution in [0.4, 0.5) is 4.79 Å². The zero-order valence-corrected chi connectivity index (χ0v) is 9.82. The minimum atomic E-state index is -1.24. The van der Waals surface area contributed by atoms with E-state index in [0.29, 0.717) is 0 Å². The molecule has 0 aromatic heterocycles. The lowest BCUT2D eigenvalue weighted by atomic mass is 10.1. The van der Waals surface area contributed by atoms with E-state index in [1.807, 2.05) is 0 Å². The molecule has 4 N–H and O–H groups in total. The third-order valence-electron chi connectivity index (χ3n) is 2.98. The van der Waals surface area contributed by atoms with Crippen LogP contribution in [0.3, 0.4) is 0 Å². The summed E-state index contributed by atoms with van der Waals surface area (Å²) in [4.78, 5) is 22.1. The van der Waals surface area contributed by atoms with E-state index in [9.17, 15) is 9.59 Å². The van der Waals surface area contributed by atoms with Gasteiger partial charge in [-0.25, -0.2) is 9.59 Å². The van der Waals surface area contributed by atoms with Crippen LogP contribution in [0.2, 0.25) is 0 Å². The lowest BCUT2D eigenvalue weighted by molar-refractivity contribution is -0.140. The molecule has 17 heavy (non-hydrogen) atoms. The van der Waals surface area contributed by atoms with Gasteiger partial charge in [0.15, 0.2) is 6.04 Å². The molecule has 1 aliphatic carbocycles. The molecule has 6 heteroatoms. The Morgan fingerprint density at radius 2 is 1.76 bits per heavy atom. The molecular weight excluding hydrogens is 224 g/mol. The second-order valence-electron chi connectivity index (χ2n) is 4.38. The van der Waals surface area contributed by atoms with Crippen LogP contribution in [0.1, 0.15) is 38.5 Å². The van der Waals surface area contributed by atoms with E-state index in [2.05, 4.69) is 10.6 Å². The summed E-state index contributed by atoms with van der Waals surface area (Å²) in [5, 5.41) is 22.4. The van der Waals surface area contributed by atoms with Crippen LogP contribution in [-0.2, 0) is 4.79 Å². The number of carboxylic acid groups (broad SMARTS) is 1. The molecule has 0 radical (unpaired) electrons. The van der Waals surface area contributed by atoms with E-state index in [1.165, 1.54) is 12.8 Å². The lowest BCUT2D eigenvalue weighted by Gasteiger charge is -2.18. The first-order valence-corrected chi connectivity index (χ1v) is 6.04. The van der Waals surface area contributed by atoms with E-state index in [-0.39, 0.29) is 6.04 Å². The van der Waals surface area contributed by atoms with Crippen LogP contribution >= 0.6 is 0 Å². The van der Waals surface area contributed by atoms with Crippen molar-refractivity contribution in [3.8, 4) is 0 Å². The van der Waals surface area contributed by atoms with Crippen LogP contribution in [0, 0.1) is 0 Å². The molecule has 0 aromatic rings. The lowest BCUT2D eigenvalue weighted by Crippen LogP contribution is -2.50. The molecule has 6 nitrogen and oxygen atoms in total. The number of rotatable bonds is 4. The smallest absolute Gasteiger partial charge is 0.328 e. The fourth-order valence-electron chi connectivity index (χ4n) is 1.99. The van der Waals surface area contributed by atoms with Crippen LogP contribution in [-0.4, -0.2) is 40.9 Å². The number of aliphatic hydroxyl groups excluding tert-OH is 1. The first-order valence-electron chi connectivity index (χ1n) is 6.04. The van der Waals surface area contributed by atoms with Crippen molar-refractivity contribution in [1.29, 1.82) is 0 Å². The number of aliphatic carboxylic acids is 1. The van der Waals surface area contributed by atoms with Crippen molar-refractivity contribution in [1.82, 2.24) is 10.6 Å². The molecule has 0 aromatic carbocycles. The van der Waals surface area contributed by atoms with Gasteiger partial charge in [0, 0.05) is 6.04 Å². The van der Waals surface area contributed by atoms with Gasteiger partial charge in [-0.05, 0) is 12.8 Å². The highest BCUT2D eigenvalue weighted by molar-refractivity contribution is 5.82. The summed E-state index contributed by atoms with van der Waals surface area (Å²) in [5.41, 5.74) is 0. The topological polar surface area (TPSA) is 98.7 Å². The molecule has 2 amide bonds. The maximum atomic E-state index is 11.5. The molecule has 0 unspecified atom stereocenters. The Bertz CT molecular complexity index is 262. The molecule has 0 heterocycles. The van der Waals surface area contributed by atoms with Crippen LogP contribution in [0.15, 0.2) is 0 Å². The summed E-state index contributed by atoms with van der Waals surface area (Å²) in [6.07, 6.45) is 6.43. The molecule has 1 aliphatic rings. The number of aliphatic hydroxyl groups is 1. The minimum absolute atomic E-state index is 0.116. The first-order chi connectivity index (χ1) is 8.13. The molecule has 1 fully saturated rings. The van der Waals surface area contributed by atoms with Crippen molar-refractivity contribution in [2.75, 3.05) is 6.61 Å². The van der Waals surface area contributed by atoms with Gasteiger partial charge in [-0.2, -0.15) is 0 Å². The Morgan fingerprint density at radius 3 is 2.24 bits per heavy atom. The highest BCUT2D eigenvalue weighted by atomic mass is 16.4. The van der Waals surface area contributed by atoms with Gasteiger partial charge in [-0.3, -0.25) is 0 Å². The summed E-state index contributed by atoms with van der Waals surface area (Å²) in [7, 11) is 0. The third-order valence-corrected chi connectivity index (χ3v) is 2.98. The summed E-state index contributed by atoms with van der Waals surface area (Å²) in [5.74, 6) is -1.23. The predicted molar refractivity (Wildman–Crippen MR) is 61.7 cm³/mol. The second-order valence-corrected chi connectivity index (χ2v) is 4.38. The van der Waals surface area contributed by atoms with Gasteiger partial charge >= 0.3 is 12.0 Å². The molecule has 0 spiro atoms. The van der Waals surface area contributed by atoms with Crippen molar-refractivity contribution in [3.63, 3.8) is 0 Å². The summed E-state index contributed by atoms with van der Waals surface area (Å²) in [6, 6.07) is -1.63. The summed E-state index contributed by atoms with van der Waals surface area (Å²) >= 11 is 0. The quantitative estimate of drug-likeness (QED) is 0.540. The molecule has 0 aliphatic heterocycles. The Morgan fingerprint density at radius 1 is 1.18 bits per heavy atom. The van der Waals surface area contributed by atoms with Crippen LogP contribution < -0.4 is 10.6 Å². The van der Waals surface area contributed by atoms with Gasteiger partial charge in [-0.15, -0.1) is 0 Å². The maximum absolute atomic E-state index is 11.5. The monoisotopic (exact) mass is 244 g/mol. The number of nitrogens with one attached hydrogen (secondary N) is 2. The SMILES string of the molecule is O=C(NC1CCCCCC1)N[C@H](CO)C(=O)O. The van der Waals surface area contributed by atoms with E-state index in [0.717, 1.165) is 25.7 Å². The maximum Gasteiger partial charge on any atom is 0.328 e. The number of hydrogen-bond donors (Lipinski definition) is 4. The Hall–Kier alpha value is -1.30. The van der Waals surface area contributed by atoms with Gasteiger partial charge in [-0.1, -0.05) is 25.7 Å². The number of urea groups is 1. The number of amides is 2. The summed E-state index contributed by atoms with van der Waals surface area (Å²) < 4.78 is 0. The fourth-order valence-corrected chi connectivity index (χ4v) is 1.99. The normalized spacial score (nSPS) is 19.1. The van der Waals surface area contributed by atoms with Gasteiger partial charge in [0.1, 0.15) is 0 Å². The first kappa shape index (κ1) is 13.8. The molecule has 98 valence electrons. The predicted octanol–water partition coefficient (Wildman–Crippen LogP) is 0.454. The minimum Gasteiger partial charge on any atom is -0.480 e. The molecule has 1 rings (SSSR count). The van der Waals surface area contributed by atoms with E-state index in [4.69, 9.17) is 10.2 Å². The van der Waals surface area contributed by atoms with E-state index < -0.39 is 24.6 Å². The largest absolute Gasteiger partial charge is 0.480 e. The fraction of sp³-hybridized carbons (Fsp3) is 0.818. The molecule has 1 atom stereocenters. The molecule has 0 saturated heterocycles. The zero-order valence-electron chi connectivity index (χ0n) is 9.82. The Labute approximate surface area is 100 Å². The Kier molecular flexibility index (Phi) is 5.76. The highest BCUT2D eigenvalue weighted by Gasteiger charge is 2.20. The zero-order chi connectivity index (χ0) is 12.7. The Balaban J connectivity index is 2.34. The number of hydrogen-bond acceptors (Lipinski definition) is 3. The van der Waals surface area contributed by atoms with Gasteiger partial charge in [0.25, 0.3) is 0 Å². The molecule has 1 saturated carbocycles.